The topological polar surface area (TPSA) is 45.4 Å². The van der Waals surface area contributed by atoms with Crippen LogP contribution >= 0.6 is 11.6 Å². The summed E-state index contributed by atoms with van der Waals surface area (Å²) in [5.74, 6) is 2.13. The van der Waals surface area contributed by atoms with Crippen molar-refractivity contribution in [2.45, 2.75) is 19.9 Å². The van der Waals surface area contributed by atoms with Crippen LogP contribution in [0, 0.1) is 5.92 Å². The largest absolute Gasteiger partial charge is 0.460 e. The van der Waals surface area contributed by atoms with Crippen molar-refractivity contribution in [1.82, 2.24) is 5.32 Å². The number of rotatable bonds is 7. The molecular weight excluding hydrogens is 274 g/mol. The van der Waals surface area contributed by atoms with E-state index in [0.29, 0.717) is 17.5 Å². The predicted molar refractivity (Wildman–Crippen MR) is 81.7 cm³/mol. The van der Waals surface area contributed by atoms with E-state index in [-0.39, 0.29) is 6.61 Å². The maximum absolute atomic E-state index is 8.85. The predicted octanol–water partition coefficient (Wildman–Crippen LogP) is 3.71. The highest BCUT2D eigenvalue weighted by molar-refractivity contribution is 6.33. The summed E-state index contributed by atoms with van der Waals surface area (Å²) in [7, 11) is 0. The van der Waals surface area contributed by atoms with Gasteiger partial charge in [-0.1, -0.05) is 30.7 Å². The first kappa shape index (κ1) is 15.1. The van der Waals surface area contributed by atoms with Crippen LogP contribution in [0.15, 0.2) is 40.8 Å². The highest BCUT2D eigenvalue weighted by atomic mass is 35.5. The summed E-state index contributed by atoms with van der Waals surface area (Å²) in [6.45, 7) is 3.89. The van der Waals surface area contributed by atoms with Crippen molar-refractivity contribution in [3.05, 3.63) is 47.2 Å². The number of hydrogen-bond acceptors (Lipinski definition) is 3. The molecule has 2 aromatic rings. The molecule has 1 unspecified atom stereocenters. The molecule has 1 atom stereocenters. The molecule has 1 aromatic heterocycles. The number of nitrogens with one attached hydrogen (secondary N) is 1. The van der Waals surface area contributed by atoms with Crippen molar-refractivity contribution in [3.63, 3.8) is 0 Å². The number of hydrogen-bond donors (Lipinski definition) is 2. The number of furan rings is 1. The second-order valence-electron chi connectivity index (χ2n) is 4.99. The van der Waals surface area contributed by atoms with Gasteiger partial charge in [0.05, 0.1) is 11.6 Å². The summed E-state index contributed by atoms with van der Waals surface area (Å²) in [6.07, 6.45) is 0.816. The maximum Gasteiger partial charge on any atom is 0.135 e. The molecule has 108 valence electrons. The van der Waals surface area contributed by atoms with Gasteiger partial charge in [-0.2, -0.15) is 0 Å². The second-order valence-corrected chi connectivity index (χ2v) is 5.40. The molecule has 0 aliphatic heterocycles. The van der Waals surface area contributed by atoms with Crippen LogP contribution in [-0.2, 0) is 6.54 Å². The van der Waals surface area contributed by atoms with E-state index in [2.05, 4.69) is 12.2 Å². The number of aliphatic hydroxyl groups is 1. The fourth-order valence-corrected chi connectivity index (χ4v) is 2.27. The SMILES string of the molecule is CC(CCO)CNCc1ccc(-c2ccccc2Cl)o1. The summed E-state index contributed by atoms with van der Waals surface area (Å²) in [6, 6.07) is 11.5. The molecule has 0 radical (unpaired) electrons. The molecule has 1 aromatic carbocycles. The van der Waals surface area contributed by atoms with E-state index in [1.54, 1.807) is 0 Å². The van der Waals surface area contributed by atoms with Crippen molar-refractivity contribution < 1.29 is 9.52 Å². The van der Waals surface area contributed by atoms with E-state index in [9.17, 15) is 0 Å². The standard InChI is InChI=1S/C16H20ClNO2/c1-12(8-9-19)10-18-11-13-6-7-16(20-13)14-4-2-3-5-15(14)17/h2-7,12,18-19H,8-11H2,1H3. The van der Waals surface area contributed by atoms with Crippen molar-refractivity contribution in [2.75, 3.05) is 13.2 Å². The van der Waals surface area contributed by atoms with Crippen molar-refractivity contribution >= 4 is 11.6 Å². The Bertz CT molecular complexity index is 539. The Labute approximate surface area is 124 Å². The molecule has 20 heavy (non-hydrogen) atoms. The van der Waals surface area contributed by atoms with E-state index >= 15 is 0 Å². The molecule has 0 aliphatic rings. The summed E-state index contributed by atoms with van der Waals surface area (Å²) in [4.78, 5) is 0. The molecule has 0 saturated carbocycles. The average molecular weight is 294 g/mol. The monoisotopic (exact) mass is 293 g/mol. The van der Waals surface area contributed by atoms with Crippen molar-refractivity contribution in [1.29, 1.82) is 0 Å². The van der Waals surface area contributed by atoms with E-state index in [4.69, 9.17) is 21.1 Å². The third-order valence-electron chi connectivity index (χ3n) is 3.21. The third-order valence-corrected chi connectivity index (χ3v) is 3.54. The van der Waals surface area contributed by atoms with Crippen LogP contribution in [0.1, 0.15) is 19.1 Å². The van der Waals surface area contributed by atoms with E-state index < -0.39 is 0 Å². The smallest absolute Gasteiger partial charge is 0.135 e. The molecule has 3 nitrogen and oxygen atoms in total. The van der Waals surface area contributed by atoms with Gasteiger partial charge in [0.1, 0.15) is 11.5 Å². The van der Waals surface area contributed by atoms with Crippen LogP contribution in [0.5, 0.6) is 0 Å². The summed E-state index contributed by atoms with van der Waals surface area (Å²) in [5, 5.41) is 12.9. The lowest BCUT2D eigenvalue weighted by atomic mass is 10.1. The second kappa shape index (κ2) is 7.48. The lowest BCUT2D eigenvalue weighted by Crippen LogP contribution is -2.21. The van der Waals surface area contributed by atoms with Crippen LogP contribution in [-0.4, -0.2) is 18.3 Å². The Morgan fingerprint density at radius 2 is 2.05 bits per heavy atom. The molecular formula is C16H20ClNO2. The molecule has 0 spiro atoms. The Balaban J connectivity index is 1.91. The zero-order valence-corrected chi connectivity index (χ0v) is 12.4. The van der Waals surface area contributed by atoms with Gasteiger partial charge in [-0.3, -0.25) is 0 Å². The molecule has 0 saturated heterocycles. The van der Waals surface area contributed by atoms with Gasteiger partial charge >= 0.3 is 0 Å². The zero-order valence-electron chi connectivity index (χ0n) is 11.6. The fourth-order valence-electron chi connectivity index (χ4n) is 2.04. The van der Waals surface area contributed by atoms with Crippen LogP contribution in [0.2, 0.25) is 5.02 Å². The highest BCUT2D eigenvalue weighted by Gasteiger charge is 2.08. The maximum atomic E-state index is 8.85. The van der Waals surface area contributed by atoms with Gasteiger partial charge in [0.15, 0.2) is 0 Å². The van der Waals surface area contributed by atoms with Crippen LogP contribution in [0.4, 0.5) is 0 Å². The minimum Gasteiger partial charge on any atom is -0.460 e. The van der Waals surface area contributed by atoms with Gasteiger partial charge in [0, 0.05) is 12.2 Å². The van der Waals surface area contributed by atoms with E-state index in [1.165, 1.54) is 0 Å². The van der Waals surface area contributed by atoms with Crippen LogP contribution in [0.3, 0.4) is 0 Å². The summed E-state index contributed by atoms with van der Waals surface area (Å²) >= 11 is 6.15. The number of benzene rings is 1. The molecule has 0 fully saturated rings. The van der Waals surface area contributed by atoms with Crippen molar-refractivity contribution in [3.8, 4) is 11.3 Å². The first-order chi connectivity index (χ1) is 9.70. The summed E-state index contributed by atoms with van der Waals surface area (Å²) < 4.78 is 5.80. The zero-order chi connectivity index (χ0) is 14.4. The summed E-state index contributed by atoms with van der Waals surface area (Å²) in [5.41, 5.74) is 0.911. The molecule has 0 aliphatic carbocycles. The first-order valence-electron chi connectivity index (χ1n) is 6.86. The molecule has 2 N–H and O–H groups in total. The van der Waals surface area contributed by atoms with Gasteiger partial charge in [-0.05, 0) is 43.1 Å². The normalized spacial score (nSPS) is 12.6. The van der Waals surface area contributed by atoms with Gasteiger partial charge in [0.2, 0.25) is 0 Å². The third kappa shape index (κ3) is 4.10. The quantitative estimate of drug-likeness (QED) is 0.818. The lowest BCUT2D eigenvalue weighted by Gasteiger charge is -2.09. The Morgan fingerprint density at radius 1 is 1.25 bits per heavy atom. The van der Waals surface area contributed by atoms with Crippen molar-refractivity contribution in [2.24, 2.45) is 5.92 Å². The molecule has 2 rings (SSSR count). The first-order valence-corrected chi connectivity index (χ1v) is 7.23. The number of aliphatic hydroxyl groups excluding tert-OH is 1. The number of halogens is 1. The van der Waals surface area contributed by atoms with Gasteiger partial charge in [-0.25, -0.2) is 0 Å². The lowest BCUT2D eigenvalue weighted by molar-refractivity contribution is 0.259. The van der Waals surface area contributed by atoms with Gasteiger partial charge in [-0.15, -0.1) is 0 Å². The molecule has 0 amide bonds. The van der Waals surface area contributed by atoms with Crippen LogP contribution < -0.4 is 5.32 Å². The van der Waals surface area contributed by atoms with Gasteiger partial charge < -0.3 is 14.8 Å². The Hall–Kier alpha value is -1.29. The van der Waals surface area contributed by atoms with E-state index in [1.807, 2.05) is 36.4 Å². The van der Waals surface area contributed by atoms with Crippen LogP contribution in [0.25, 0.3) is 11.3 Å². The van der Waals surface area contributed by atoms with E-state index in [0.717, 1.165) is 30.0 Å². The molecule has 0 bridgehead atoms. The Morgan fingerprint density at radius 3 is 2.80 bits per heavy atom. The highest BCUT2D eigenvalue weighted by Crippen LogP contribution is 2.28. The van der Waals surface area contributed by atoms with Gasteiger partial charge in [0.25, 0.3) is 0 Å². The molecule has 4 heteroatoms. The minimum atomic E-state index is 0.236. The fraction of sp³-hybridized carbons (Fsp3) is 0.375. The average Bonchev–Trinajstić information content (AvgIpc) is 2.88. The Kier molecular flexibility index (Phi) is 5.65. The molecule has 1 heterocycles. The minimum absolute atomic E-state index is 0.236.